The number of para-hydroxylation sites is 1. The van der Waals surface area contributed by atoms with E-state index >= 15 is 0 Å². The van der Waals surface area contributed by atoms with Gasteiger partial charge in [0, 0.05) is 10.9 Å². The fraction of sp³-hybridized carbons (Fsp3) is 0.167. The first-order chi connectivity index (χ1) is 13.0. The molecule has 0 saturated carbocycles. The van der Waals surface area contributed by atoms with Crippen LogP contribution in [0.5, 0.6) is 0 Å². The van der Waals surface area contributed by atoms with E-state index in [1.165, 1.54) is 25.1 Å². The van der Waals surface area contributed by atoms with Crippen LogP contribution in [0, 0.1) is 0 Å². The Kier molecular flexibility index (Phi) is 4.74. The van der Waals surface area contributed by atoms with Gasteiger partial charge in [-0.15, -0.1) is 0 Å². The molecule has 0 saturated heterocycles. The van der Waals surface area contributed by atoms with Gasteiger partial charge in [0.15, 0.2) is 11.4 Å². The lowest BCUT2D eigenvalue weighted by Gasteiger charge is -2.15. The summed E-state index contributed by atoms with van der Waals surface area (Å²) in [5.74, 6) is -0.332. The molecule has 2 aromatic heterocycles. The molecular formula is C18H11F6N3O. The van der Waals surface area contributed by atoms with Crippen LogP contribution in [0.4, 0.5) is 37.8 Å². The zero-order chi connectivity index (χ0) is 20.7. The van der Waals surface area contributed by atoms with E-state index in [1.807, 2.05) is 0 Å². The van der Waals surface area contributed by atoms with Gasteiger partial charge in [-0.1, -0.05) is 12.1 Å². The van der Waals surface area contributed by atoms with Crippen LogP contribution in [0.15, 0.2) is 42.5 Å². The molecule has 0 aliphatic carbocycles. The summed E-state index contributed by atoms with van der Waals surface area (Å²) in [5.41, 5.74) is -3.29. The van der Waals surface area contributed by atoms with E-state index in [1.54, 1.807) is 12.1 Å². The zero-order valence-electron chi connectivity index (χ0n) is 14.1. The Bertz CT molecular complexity index is 1060. The van der Waals surface area contributed by atoms with Crippen LogP contribution >= 0.6 is 0 Å². The molecular weight excluding hydrogens is 388 g/mol. The number of nitrogens with zero attached hydrogens (tertiary/aromatic N) is 2. The first-order valence-electron chi connectivity index (χ1n) is 7.80. The molecule has 1 aromatic carbocycles. The SMILES string of the molecule is CC(=O)c1ccccc1Nc1ccc2c(C(F)(F)F)cc(C(F)(F)F)nc2n1. The second-order valence-corrected chi connectivity index (χ2v) is 5.85. The monoisotopic (exact) mass is 399 g/mol. The number of anilines is 2. The van der Waals surface area contributed by atoms with E-state index in [0.29, 0.717) is 5.69 Å². The van der Waals surface area contributed by atoms with Crippen LogP contribution in [-0.4, -0.2) is 15.8 Å². The number of fused-ring (bicyclic) bond motifs is 1. The van der Waals surface area contributed by atoms with E-state index in [2.05, 4.69) is 15.3 Å². The van der Waals surface area contributed by atoms with Gasteiger partial charge in [-0.05, 0) is 37.3 Å². The largest absolute Gasteiger partial charge is 0.433 e. The number of hydrogen-bond acceptors (Lipinski definition) is 4. The van der Waals surface area contributed by atoms with Crippen molar-refractivity contribution >= 4 is 28.3 Å². The van der Waals surface area contributed by atoms with Crippen LogP contribution in [0.25, 0.3) is 11.0 Å². The molecule has 0 aliphatic rings. The highest BCUT2D eigenvalue weighted by Crippen LogP contribution is 2.38. The summed E-state index contributed by atoms with van der Waals surface area (Å²) < 4.78 is 78.5. The van der Waals surface area contributed by atoms with E-state index in [4.69, 9.17) is 0 Å². The van der Waals surface area contributed by atoms with Gasteiger partial charge in [0.2, 0.25) is 0 Å². The van der Waals surface area contributed by atoms with Gasteiger partial charge in [0.1, 0.15) is 11.5 Å². The third-order valence-electron chi connectivity index (χ3n) is 3.84. The lowest BCUT2D eigenvalue weighted by molar-refractivity contribution is -0.144. The highest BCUT2D eigenvalue weighted by Gasteiger charge is 2.39. The number of alkyl halides is 6. The highest BCUT2D eigenvalue weighted by molar-refractivity contribution is 6.00. The van der Waals surface area contributed by atoms with E-state index in [0.717, 1.165) is 6.07 Å². The van der Waals surface area contributed by atoms with Crippen molar-refractivity contribution in [2.45, 2.75) is 19.3 Å². The zero-order valence-corrected chi connectivity index (χ0v) is 14.1. The second kappa shape index (κ2) is 6.77. The lowest BCUT2D eigenvalue weighted by Crippen LogP contribution is -2.14. The summed E-state index contributed by atoms with van der Waals surface area (Å²) >= 11 is 0. The molecule has 0 unspecified atom stereocenters. The molecule has 0 aliphatic heterocycles. The van der Waals surface area contributed by atoms with Gasteiger partial charge < -0.3 is 5.32 Å². The summed E-state index contributed by atoms with van der Waals surface area (Å²) in [6.07, 6.45) is -10.1. The maximum Gasteiger partial charge on any atom is 0.433 e. The number of hydrogen-bond donors (Lipinski definition) is 1. The van der Waals surface area contributed by atoms with Crippen LogP contribution in [0.3, 0.4) is 0 Å². The highest BCUT2D eigenvalue weighted by atomic mass is 19.4. The Hall–Kier alpha value is -3.17. The van der Waals surface area contributed by atoms with Gasteiger partial charge in [0.25, 0.3) is 0 Å². The van der Waals surface area contributed by atoms with E-state index in [9.17, 15) is 31.1 Å². The average Bonchev–Trinajstić information content (AvgIpc) is 2.59. The first kappa shape index (κ1) is 19.6. The topological polar surface area (TPSA) is 54.9 Å². The molecule has 0 spiro atoms. The Morgan fingerprint density at radius 3 is 2.21 bits per heavy atom. The number of benzene rings is 1. The Labute approximate surface area is 154 Å². The molecule has 0 amide bonds. The predicted octanol–water partition coefficient (Wildman–Crippen LogP) is 5.61. The fourth-order valence-corrected chi connectivity index (χ4v) is 2.59. The van der Waals surface area contributed by atoms with Gasteiger partial charge in [0.05, 0.1) is 11.3 Å². The predicted molar refractivity (Wildman–Crippen MR) is 89.3 cm³/mol. The van der Waals surface area contributed by atoms with Gasteiger partial charge >= 0.3 is 12.4 Å². The molecule has 0 radical (unpaired) electrons. The summed E-state index contributed by atoms with van der Waals surface area (Å²) in [5, 5.41) is 2.16. The summed E-state index contributed by atoms with van der Waals surface area (Å²) in [7, 11) is 0. The summed E-state index contributed by atoms with van der Waals surface area (Å²) in [6.45, 7) is 1.32. The van der Waals surface area contributed by atoms with E-state index < -0.39 is 34.6 Å². The van der Waals surface area contributed by atoms with Crippen molar-refractivity contribution in [1.29, 1.82) is 0 Å². The van der Waals surface area contributed by atoms with Crippen molar-refractivity contribution in [3.8, 4) is 0 Å². The molecule has 3 rings (SSSR count). The van der Waals surface area contributed by atoms with Crippen LogP contribution in [-0.2, 0) is 12.4 Å². The van der Waals surface area contributed by atoms with Crippen molar-refractivity contribution in [2.24, 2.45) is 0 Å². The van der Waals surface area contributed by atoms with Crippen molar-refractivity contribution in [3.63, 3.8) is 0 Å². The Morgan fingerprint density at radius 2 is 1.61 bits per heavy atom. The number of pyridine rings is 2. The molecule has 28 heavy (non-hydrogen) atoms. The molecule has 146 valence electrons. The number of nitrogens with one attached hydrogen (secondary N) is 1. The third-order valence-corrected chi connectivity index (χ3v) is 3.84. The number of halogens is 6. The van der Waals surface area contributed by atoms with Crippen molar-refractivity contribution in [1.82, 2.24) is 9.97 Å². The molecule has 4 nitrogen and oxygen atoms in total. The van der Waals surface area contributed by atoms with Crippen molar-refractivity contribution in [3.05, 3.63) is 59.3 Å². The summed E-state index contributed by atoms with van der Waals surface area (Å²) in [6, 6.07) is 8.39. The number of aromatic nitrogens is 2. The van der Waals surface area contributed by atoms with E-state index in [-0.39, 0.29) is 23.2 Å². The quantitative estimate of drug-likeness (QED) is 0.459. The smallest absolute Gasteiger partial charge is 0.340 e. The molecule has 10 heteroatoms. The number of carbonyl (C=O) groups is 1. The normalized spacial score (nSPS) is 12.2. The minimum Gasteiger partial charge on any atom is -0.340 e. The Balaban J connectivity index is 2.14. The molecule has 0 bridgehead atoms. The maximum absolute atomic E-state index is 13.2. The standard InChI is InChI=1S/C18H11F6N3O/c1-9(28)10-4-2-3-5-13(10)25-15-7-6-11-12(17(19,20)21)8-14(18(22,23)24)26-16(11)27-15/h2-8H,1H3,(H,25,26,27). The van der Waals surface area contributed by atoms with Gasteiger partial charge in [-0.3, -0.25) is 4.79 Å². The third kappa shape index (κ3) is 3.90. The number of Topliss-reactive ketones (excluding diaryl/α,β-unsaturated/α-hetero) is 1. The van der Waals surface area contributed by atoms with Crippen LogP contribution in [0.1, 0.15) is 28.5 Å². The number of ketones is 1. The van der Waals surface area contributed by atoms with Crippen LogP contribution in [0.2, 0.25) is 0 Å². The molecule has 0 fully saturated rings. The second-order valence-electron chi connectivity index (χ2n) is 5.85. The fourth-order valence-electron chi connectivity index (χ4n) is 2.59. The van der Waals surface area contributed by atoms with Crippen LogP contribution < -0.4 is 5.32 Å². The van der Waals surface area contributed by atoms with Gasteiger partial charge in [-0.25, -0.2) is 9.97 Å². The minimum absolute atomic E-state index is 0.0395. The number of rotatable bonds is 3. The minimum atomic E-state index is -5.07. The first-order valence-corrected chi connectivity index (χ1v) is 7.80. The molecule has 2 heterocycles. The maximum atomic E-state index is 13.2. The average molecular weight is 399 g/mol. The van der Waals surface area contributed by atoms with Crippen molar-refractivity contribution < 1.29 is 31.1 Å². The molecule has 1 N–H and O–H groups in total. The number of carbonyl (C=O) groups excluding carboxylic acids is 1. The van der Waals surface area contributed by atoms with Gasteiger partial charge in [-0.2, -0.15) is 26.3 Å². The Morgan fingerprint density at radius 1 is 0.929 bits per heavy atom. The summed E-state index contributed by atoms with van der Waals surface area (Å²) in [4.78, 5) is 18.7. The van der Waals surface area contributed by atoms with Crippen molar-refractivity contribution in [2.75, 3.05) is 5.32 Å². The lowest BCUT2D eigenvalue weighted by atomic mass is 10.1. The molecule has 3 aromatic rings. The molecule has 0 atom stereocenters.